The van der Waals surface area contributed by atoms with Crippen LogP contribution in [0.15, 0.2) is 30.3 Å². The van der Waals surface area contributed by atoms with Crippen molar-refractivity contribution in [3.8, 4) is 0 Å². The second-order valence-corrected chi connectivity index (χ2v) is 4.10. The van der Waals surface area contributed by atoms with E-state index >= 15 is 0 Å². The summed E-state index contributed by atoms with van der Waals surface area (Å²) >= 11 is 0. The third kappa shape index (κ3) is 5.59. The van der Waals surface area contributed by atoms with Gasteiger partial charge in [0.1, 0.15) is 0 Å². The maximum absolute atomic E-state index is 11.6. The molecule has 1 aromatic rings. The molecule has 0 bridgehead atoms. The number of ether oxygens (including phenoxy) is 1. The minimum Gasteiger partial charge on any atom is -0.462 e. The molecule has 0 fully saturated rings. The number of rotatable bonds is 8. The van der Waals surface area contributed by atoms with Crippen LogP contribution in [0.25, 0.3) is 0 Å². The van der Waals surface area contributed by atoms with Crippen molar-refractivity contribution in [2.45, 2.75) is 25.7 Å². The molecule has 0 aliphatic rings. The van der Waals surface area contributed by atoms with Gasteiger partial charge in [0.15, 0.2) is 0 Å². The Kier molecular flexibility index (Phi) is 6.72. The molecule has 0 atom stereocenters. The van der Waals surface area contributed by atoms with Gasteiger partial charge in [-0.05, 0) is 44.4 Å². The monoisotopic (exact) mass is 248 g/mol. The lowest BCUT2D eigenvalue weighted by Crippen LogP contribution is -2.08. The Morgan fingerprint density at radius 3 is 2.50 bits per heavy atom. The van der Waals surface area contributed by atoms with Gasteiger partial charge >= 0.3 is 5.97 Å². The SMILES string of the molecule is N=C(CCCN)CCCOC(=O)c1ccccc1. The van der Waals surface area contributed by atoms with E-state index in [4.69, 9.17) is 15.9 Å². The van der Waals surface area contributed by atoms with E-state index in [1.807, 2.05) is 6.07 Å². The van der Waals surface area contributed by atoms with Gasteiger partial charge in [-0.1, -0.05) is 18.2 Å². The Balaban J connectivity index is 2.15. The summed E-state index contributed by atoms with van der Waals surface area (Å²) in [4.78, 5) is 11.6. The first-order valence-corrected chi connectivity index (χ1v) is 6.22. The lowest BCUT2D eigenvalue weighted by molar-refractivity contribution is 0.0502. The fraction of sp³-hybridized carbons (Fsp3) is 0.429. The highest BCUT2D eigenvalue weighted by atomic mass is 16.5. The number of nitrogens with one attached hydrogen (secondary N) is 1. The van der Waals surface area contributed by atoms with E-state index < -0.39 is 0 Å². The zero-order valence-electron chi connectivity index (χ0n) is 10.5. The summed E-state index contributed by atoms with van der Waals surface area (Å²) in [5.41, 5.74) is 6.61. The van der Waals surface area contributed by atoms with Crippen molar-refractivity contribution < 1.29 is 9.53 Å². The first-order valence-electron chi connectivity index (χ1n) is 6.22. The molecule has 0 unspecified atom stereocenters. The molecular weight excluding hydrogens is 228 g/mol. The molecule has 1 aromatic carbocycles. The molecule has 0 aromatic heterocycles. The topological polar surface area (TPSA) is 76.2 Å². The van der Waals surface area contributed by atoms with Gasteiger partial charge in [-0.3, -0.25) is 0 Å². The Bertz CT molecular complexity index is 377. The van der Waals surface area contributed by atoms with E-state index in [2.05, 4.69) is 0 Å². The molecule has 4 heteroatoms. The average Bonchev–Trinajstić information content (AvgIpc) is 2.42. The number of hydrogen-bond donors (Lipinski definition) is 2. The summed E-state index contributed by atoms with van der Waals surface area (Å²) in [6.45, 7) is 0.976. The Hall–Kier alpha value is -1.68. The van der Waals surface area contributed by atoms with Crippen LogP contribution in [0, 0.1) is 5.41 Å². The molecule has 0 aliphatic heterocycles. The van der Waals surface area contributed by atoms with Gasteiger partial charge in [0.2, 0.25) is 0 Å². The maximum atomic E-state index is 11.6. The first-order chi connectivity index (χ1) is 8.74. The number of carbonyl (C=O) groups is 1. The lowest BCUT2D eigenvalue weighted by atomic mass is 10.1. The molecule has 0 radical (unpaired) electrons. The van der Waals surface area contributed by atoms with Crippen LogP contribution in [0.1, 0.15) is 36.0 Å². The summed E-state index contributed by atoms with van der Waals surface area (Å²) in [5.74, 6) is -0.302. The van der Waals surface area contributed by atoms with Gasteiger partial charge < -0.3 is 15.9 Å². The van der Waals surface area contributed by atoms with Gasteiger partial charge in [-0.25, -0.2) is 4.79 Å². The zero-order chi connectivity index (χ0) is 13.2. The van der Waals surface area contributed by atoms with Gasteiger partial charge in [0.25, 0.3) is 0 Å². The fourth-order valence-corrected chi connectivity index (χ4v) is 1.55. The quantitative estimate of drug-likeness (QED) is 0.421. The second-order valence-electron chi connectivity index (χ2n) is 4.10. The van der Waals surface area contributed by atoms with Crippen molar-refractivity contribution in [1.82, 2.24) is 0 Å². The van der Waals surface area contributed by atoms with Crippen molar-refractivity contribution in [3.05, 3.63) is 35.9 Å². The largest absolute Gasteiger partial charge is 0.462 e. The average molecular weight is 248 g/mol. The number of nitrogens with two attached hydrogens (primary N) is 1. The van der Waals surface area contributed by atoms with E-state index in [-0.39, 0.29) is 5.97 Å². The smallest absolute Gasteiger partial charge is 0.338 e. The summed E-state index contributed by atoms with van der Waals surface area (Å²) in [5, 5.41) is 7.65. The number of hydrogen-bond acceptors (Lipinski definition) is 4. The first kappa shape index (κ1) is 14.4. The molecule has 3 N–H and O–H groups in total. The molecule has 4 nitrogen and oxygen atoms in total. The van der Waals surface area contributed by atoms with Gasteiger partial charge in [-0.15, -0.1) is 0 Å². The third-order valence-corrected chi connectivity index (χ3v) is 2.55. The molecule has 0 amide bonds. The van der Waals surface area contributed by atoms with Crippen LogP contribution in [-0.4, -0.2) is 24.8 Å². The second kappa shape index (κ2) is 8.42. The number of benzene rings is 1. The Labute approximate surface area is 108 Å². The minimum atomic E-state index is -0.302. The van der Waals surface area contributed by atoms with Gasteiger partial charge in [0.05, 0.1) is 12.2 Å². The molecule has 0 heterocycles. The fourth-order valence-electron chi connectivity index (χ4n) is 1.55. The minimum absolute atomic E-state index is 0.302. The van der Waals surface area contributed by atoms with E-state index in [1.165, 1.54) is 0 Å². The standard InChI is InChI=1S/C14H20N2O2/c15-10-4-8-13(16)9-5-11-18-14(17)12-6-2-1-3-7-12/h1-3,6-7,16H,4-5,8-11,15H2. The van der Waals surface area contributed by atoms with Gasteiger partial charge in [-0.2, -0.15) is 0 Å². The molecule has 0 saturated heterocycles. The van der Waals surface area contributed by atoms with Crippen LogP contribution < -0.4 is 5.73 Å². The van der Waals surface area contributed by atoms with Crippen LogP contribution in [0.4, 0.5) is 0 Å². The van der Waals surface area contributed by atoms with E-state index in [0.717, 1.165) is 12.8 Å². The van der Waals surface area contributed by atoms with Crippen LogP contribution >= 0.6 is 0 Å². The summed E-state index contributed by atoms with van der Waals surface area (Å²) in [6, 6.07) is 8.92. The van der Waals surface area contributed by atoms with Crippen LogP contribution in [0.5, 0.6) is 0 Å². The van der Waals surface area contributed by atoms with E-state index in [1.54, 1.807) is 24.3 Å². The normalized spacial score (nSPS) is 10.1. The van der Waals surface area contributed by atoms with Crippen molar-refractivity contribution in [3.63, 3.8) is 0 Å². The number of carbonyl (C=O) groups excluding carboxylic acids is 1. The molecule has 0 spiro atoms. The molecule has 1 rings (SSSR count). The predicted octanol–water partition coefficient (Wildman–Crippen LogP) is 2.38. The Morgan fingerprint density at radius 2 is 1.83 bits per heavy atom. The van der Waals surface area contributed by atoms with Crippen LogP contribution in [-0.2, 0) is 4.74 Å². The summed E-state index contributed by atoms with van der Waals surface area (Å²) < 4.78 is 5.12. The zero-order valence-corrected chi connectivity index (χ0v) is 10.5. The van der Waals surface area contributed by atoms with Crippen LogP contribution in [0.2, 0.25) is 0 Å². The molecular formula is C14H20N2O2. The van der Waals surface area contributed by atoms with Crippen LogP contribution in [0.3, 0.4) is 0 Å². The highest BCUT2D eigenvalue weighted by molar-refractivity contribution is 5.89. The highest BCUT2D eigenvalue weighted by Gasteiger charge is 2.05. The lowest BCUT2D eigenvalue weighted by Gasteiger charge is -2.05. The van der Waals surface area contributed by atoms with Crippen molar-refractivity contribution in [2.24, 2.45) is 5.73 Å². The summed E-state index contributed by atoms with van der Waals surface area (Å²) in [7, 11) is 0. The molecule has 0 saturated carbocycles. The van der Waals surface area contributed by atoms with Crippen molar-refractivity contribution >= 4 is 11.7 Å². The summed E-state index contributed by atoms with van der Waals surface area (Å²) in [6.07, 6.45) is 2.95. The molecule has 98 valence electrons. The van der Waals surface area contributed by atoms with E-state index in [9.17, 15) is 4.79 Å². The highest BCUT2D eigenvalue weighted by Crippen LogP contribution is 2.03. The Morgan fingerprint density at radius 1 is 1.17 bits per heavy atom. The number of esters is 1. The molecule has 0 aliphatic carbocycles. The van der Waals surface area contributed by atoms with E-state index in [0.29, 0.717) is 37.3 Å². The van der Waals surface area contributed by atoms with Gasteiger partial charge in [0, 0.05) is 5.71 Å². The molecule has 18 heavy (non-hydrogen) atoms. The van der Waals surface area contributed by atoms with Crippen molar-refractivity contribution in [1.29, 1.82) is 5.41 Å². The maximum Gasteiger partial charge on any atom is 0.338 e. The predicted molar refractivity (Wildman–Crippen MR) is 72.0 cm³/mol. The van der Waals surface area contributed by atoms with Crippen molar-refractivity contribution in [2.75, 3.05) is 13.2 Å². The third-order valence-electron chi connectivity index (χ3n) is 2.55.